The number of aryl methyl sites for hydroxylation is 2. The van der Waals surface area contributed by atoms with Crippen molar-refractivity contribution < 1.29 is 4.39 Å². The van der Waals surface area contributed by atoms with E-state index < -0.39 is 0 Å². The van der Waals surface area contributed by atoms with E-state index in [2.05, 4.69) is 31.2 Å². The first-order chi connectivity index (χ1) is 15.6. The molecule has 1 N–H and O–H groups in total. The number of fused-ring (bicyclic) bond motifs is 3. The summed E-state index contributed by atoms with van der Waals surface area (Å²) in [6.07, 6.45) is 5.01. The number of aromatic nitrogens is 5. The van der Waals surface area contributed by atoms with Crippen molar-refractivity contribution in [3.63, 3.8) is 0 Å². The highest BCUT2D eigenvalue weighted by Gasteiger charge is 2.43. The molecule has 2 atom stereocenters. The molecule has 0 amide bonds. The van der Waals surface area contributed by atoms with E-state index in [1.165, 1.54) is 18.9 Å². The number of benzene rings is 1. The van der Waals surface area contributed by atoms with Crippen molar-refractivity contribution in [3.8, 4) is 0 Å². The van der Waals surface area contributed by atoms with Gasteiger partial charge in [-0.3, -0.25) is 0 Å². The van der Waals surface area contributed by atoms with Crippen molar-refractivity contribution >= 4 is 23.4 Å². The molecule has 9 heteroatoms. The van der Waals surface area contributed by atoms with E-state index in [1.807, 2.05) is 17.7 Å². The minimum atomic E-state index is -0.236. The van der Waals surface area contributed by atoms with E-state index in [-0.39, 0.29) is 5.82 Å². The van der Waals surface area contributed by atoms with Gasteiger partial charge in [-0.05, 0) is 56.2 Å². The Balaban J connectivity index is 1.20. The maximum absolute atomic E-state index is 13.8. The lowest BCUT2D eigenvalue weighted by atomic mass is 9.92. The van der Waals surface area contributed by atoms with Crippen LogP contribution in [0.2, 0.25) is 0 Å². The van der Waals surface area contributed by atoms with E-state index in [0.717, 1.165) is 55.7 Å². The lowest BCUT2D eigenvalue weighted by molar-refractivity contribution is 0.374. The summed E-state index contributed by atoms with van der Waals surface area (Å²) in [5.41, 5.74) is 1.82. The van der Waals surface area contributed by atoms with Gasteiger partial charge in [-0.2, -0.15) is 4.98 Å². The molecule has 0 radical (unpaired) electrons. The Kier molecular flexibility index (Phi) is 4.69. The van der Waals surface area contributed by atoms with Gasteiger partial charge in [0, 0.05) is 49.7 Å². The van der Waals surface area contributed by atoms with Gasteiger partial charge >= 0.3 is 0 Å². The number of halogens is 1. The Hall–Kier alpha value is -3.23. The molecule has 2 aliphatic heterocycles. The fourth-order valence-corrected chi connectivity index (χ4v) is 5.52. The fourth-order valence-electron chi connectivity index (χ4n) is 5.52. The molecule has 2 bridgehead atoms. The Morgan fingerprint density at radius 3 is 2.69 bits per heavy atom. The molecule has 32 heavy (non-hydrogen) atoms. The van der Waals surface area contributed by atoms with Gasteiger partial charge in [-0.1, -0.05) is 6.07 Å². The van der Waals surface area contributed by atoms with Crippen LogP contribution >= 0.6 is 0 Å². The summed E-state index contributed by atoms with van der Waals surface area (Å²) < 4.78 is 15.7. The average Bonchev–Trinajstić information content (AvgIpc) is 3.29. The summed E-state index contributed by atoms with van der Waals surface area (Å²) in [5.74, 6) is 3.31. The smallest absolute Gasteiger partial charge is 0.244 e. The van der Waals surface area contributed by atoms with E-state index in [0.29, 0.717) is 23.8 Å². The third kappa shape index (κ3) is 3.45. The van der Waals surface area contributed by atoms with Crippen molar-refractivity contribution in [3.05, 3.63) is 48.2 Å². The number of anilines is 4. The van der Waals surface area contributed by atoms with Gasteiger partial charge in [0.1, 0.15) is 18.0 Å². The molecule has 1 aromatic carbocycles. The molecule has 3 aliphatic rings. The summed E-state index contributed by atoms with van der Waals surface area (Å²) >= 11 is 0. The number of nitrogens with zero attached hydrogens (tertiary/aromatic N) is 7. The largest absolute Gasteiger partial charge is 0.356 e. The molecular weight excluding hydrogens is 407 g/mol. The molecule has 3 aromatic rings. The zero-order valence-electron chi connectivity index (χ0n) is 18.2. The molecule has 166 valence electrons. The standard InChI is InChI=1S/C23H27FN8/c1-15-10-20(26-14-25-15)30-12-16-6-7-17(13-30)21(16)27-22-28-23-31(8-3-9-32(23)29-22)19-5-2-4-18(24)11-19/h2,4-5,10-11,14,16-17,21H,3,6-9,12-13H2,1H3,(H,27,29). The Morgan fingerprint density at radius 1 is 1.06 bits per heavy atom. The predicted molar refractivity (Wildman–Crippen MR) is 121 cm³/mol. The second-order valence-electron chi connectivity index (χ2n) is 9.13. The van der Waals surface area contributed by atoms with Crippen LogP contribution in [-0.2, 0) is 6.54 Å². The fraction of sp³-hybridized carbons (Fsp3) is 0.478. The van der Waals surface area contributed by atoms with Gasteiger partial charge in [0.2, 0.25) is 11.9 Å². The number of nitrogens with one attached hydrogen (secondary N) is 1. The molecule has 2 fully saturated rings. The van der Waals surface area contributed by atoms with Gasteiger partial charge < -0.3 is 15.1 Å². The van der Waals surface area contributed by atoms with Crippen molar-refractivity contribution in [1.82, 2.24) is 24.7 Å². The maximum atomic E-state index is 13.8. The number of hydrogen-bond donors (Lipinski definition) is 1. The molecule has 1 aliphatic carbocycles. The van der Waals surface area contributed by atoms with E-state index in [4.69, 9.17) is 10.1 Å². The molecule has 8 nitrogen and oxygen atoms in total. The van der Waals surface area contributed by atoms with Crippen molar-refractivity contribution in [2.45, 2.75) is 38.8 Å². The van der Waals surface area contributed by atoms with Crippen LogP contribution in [0.5, 0.6) is 0 Å². The van der Waals surface area contributed by atoms with Crippen LogP contribution in [0.3, 0.4) is 0 Å². The van der Waals surface area contributed by atoms with Crippen LogP contribution < -0.4 is 15.1 Å². The second kappa shape index (κ2) is 7.72. The normalized spacial score (nSPS) is 24.5. The quantitative estimate of drug-likeness (QED) is 0.675. The van der Waals surface area contributed by atoms with Crippen LogP contribution in [0.1, 0.15) is 25.0 Å². The number of hydrogen-bond acceptors (Lipinski definition) is 7. The average molecular weight is 435 g/mol. The van der Waals surface area contributed by atoms with Crippen LogP contribution in [0.25, 0.3) is 0 Å². The number of rotatable bonds is 4. The number of piperidine rings is 1. The Morgan fingerprint density at radius 2 is 1.91 bits per heavy atom. The van der Waals surface area contributed by atoms with Crippen LogP contribution in [0.15, 0.2) is 36.7 Å². The maximum Gasteiger partial charge on any atom is 0.244 e. The lowest BCUT2D eigenvalue weighted by Crippen LogP contribution is -2.48. The highest BCUT2D eigenvalue weighted by Crippen LogP contribution is 2.40. The summed E-state index contributed by atoms with van der Waals surface area (Å²) in [5, 5.41) is 8.42. The van der Waals surface area contributed by atoms with Crippen molar-refractivity contribution in [2.75, 3.05) is 34.8 Å². The first kappa shape index (κ1) is 19.5. The second-order valence-corrected chi connectivity index (χ2v) is 9.13. The minimum absolute atomic E-state index is 0.236. The van der Waals surface area contributed by atoms with Gasteiger partial charge in [-0.15, -0.1) is 5.10 Å². The van der Waals surface area contributed by atoms with Crippen molar-refractivity contribution in [2.24, 2.45) is 11.8 Å². The Labute approximate surface area is 186 Å². The SMILES string of the molecule is Cc1cc(N2CC3CCC(C2)C3Nc2nc3n(n2)CCCN3c2cccc(F)c2)ncn1. The van der Waals surface area contributed by atoms with Gasteiger partial charge in [0.05, 0.1) is 0 Å². The van der Waals surface area contributed by atoms with Crippen molar-refractivity contribution in [1.29, 1.82) is 0 Å². The Bertz CT molecular complexity index is 1120. The van der Waals surface area contributed by atoms with Gasteiger partial charge in [0.15, 0.2) is 0 Å². The molecule has 6 rings (SSSR count). The molecule has 1 saturated heterocycles. The topological polar surface area (TPSA) is 75.0 Å². The molecule has 2 unspecified atom stereocenters. The molecular formula is C23H27FN8. The summed E-state index contributed by atoms with van der Waals surface area (Å²) in [6.45, 7) is 5.60. The molecule has 0 spiro atoms. The van der Waals surface area contributed by atoms with E-state index >= 15 is 0 Å². The van der Waals surface area contributed by atoms with E-state index in [9.17, 15) is 4.39 Å². The minimum Gasteiger partial charge on any atom is -0.356 e. The first-order valence-corrected chi connectivity index (χ1v) is 11.4. The predicted octanol–water partition coefficient (Wildman–Crippen LogP) is 3.38. The van der Waals surface area contributed by atoms with E-state index in [1.54, 1.807) is 18.5 Å². The third-order valence-corrected chi connectivity index (χ3v) is 7.01. The van der Waals surface area contributed by atoms with Crippen LogP contribution in [0, 0.1) is 24.6 Å². The monoisotopic (exact) mass is 434 g/mol. The summed E-state index contributed by atoms with van der Waals surface area (Å²) in [6, 6.07) is 9.12. The summed E-state index contributed by atoms with van der Waals surface area (Å²) in [4.78, 5) is 18.0. The highest BCUT2D eigenvalue weighted by atomic mass is 19.1. The van der Waals surface area contributed by atoms with Gasteiger partial charge in [-0.25, -0.2) is 19.0 Å². The summed E-state index contributed by atoms with van der Waals surface area (Å²) in [7, 11) is 0. The highest BCUT2D eigenvalue weighted by molar-refractivity contribution is 5.59. The molecule has 4 heterocycles. The zero-order chi connectivity index (χ0) is 21.7. The lowest BCUT2D eigenvalue weighted by Gasteiger charge is -2.38. The third-order valence-electron chi connectivity index (χ3n) is 7.01. The first-order valence-electron chi connectivity index (χ1n) is 11.4. The zero-order valence-corrected chi connectivity index (χ0v) is 18.2. The van der Waals surface area contributed by atoms with Gasteiger partial charge in [0.25, 0.3) is 0 Å². The van der Waals surface area contributed by atoms with Crippen LogP contribution in [-0.4, -0.2) is 50.4 Å². The molecule has 2 aromatic heterocycles. The van der Waals surface area contributed by atoms with Crippen LogP contribution in [0.4, 0.5) is 27.8 Å². The molecule has 1 saturated carbocycles.